The smallest absolute Gasteiger partial charge is 0.263 e. The third kappa shape index (κ3) is 2.39. The first-order valence-corrected chi connectivity index (χ1v) is 6.76. The Morgan fingerprint density at radius 2 is 2.15 bits per heavy atom. The molecular formula is C12H7FN2O3S2. The lowest BCUT2D eigenvalue weighted by atomic mass is 10.1. The Kier molecular flexibility index (Phi) is 3.19. The lowest BCUT2D eigenvalue weighted by molar-refractivity contribution is -0.118. The van der Waals surface area contributed by atoms with Crippen molar-refractivity contribution in [3.63, 3.8) is 0 Å². The summed E-state index contributed by atoms with van der Waals surface area (Å²) in [6.07, 6.45) is 1.50. The number of carbonyl (C=O) groups excluding carboxylic acids is 2. The monoisotopic (exact) mass is 310 g/mol. The van der Waals surface area contributed by atoms with Gasteiger partial charge in [-0.3, -0.25) is 9.59 Å². The number of benzene rings is 1. The molecule has 8 heteroatoms. The molecule has 0 radical (unpaired) electrons. The molecular weight excluding hydrogens is 303 g/mol. The molecule has 0 atom stereocenters. The molecule has 1 saturated heterocycles. The number of amides is 2. The van der Waals surface area contributed by atoms with Crippen LogP contribution in [0.25, 0.3) is 6.08 Å². The summed E-state index contributed by atoms with van der Waals surface area (Å²) in [4.78, 5) is 23.1. The van der Waals surface area contributed by atoms with E-state index in [1.165, 1.54) is 18.2 Å². The van der Waals surface area contributed by atoms with E-state index in [9.17, 15) is 14.0 Å². The Labute approximate surface area is 122 Å². The van der Waals surface area contributed by atoms with Crippen molar-refractivity contribution >= 4 is 51.9 Å². The van der Waals surface area contributed by atoms with Gasteiger partial charge in [-0.25, -0.2) is 4.39 Å². The Hall–Kier alpha value is -1.93. The van der Waals surface area contributed by atoms with Crippen molar-refractivity contribution in [1.29, 1.82) is 0 Å². The van der Waals surface area contributed by atoms with Crippen LogP contribution in [0.1, 0.15) is 5.56 Å². The molecule has 2 aliphatic rings. The van der Waals surface area contributed by atoms with Gasteiger partial charge in [0.25, 0.3) is 11.8 Å². The molecule has 2 aliphatic heterocycles. The third-order valence-corrected chi connectivity index (χ3v) is 3.79. The van der Waals surface area contributed by atoms with Crippen LogP contribution in [0.5, 0.6) is 5.75 Å². The van der Waals surface area contributed by atoms with Crippen LogP contribution in [0.4, 0.5) is 10.1 Å². The van der Waals surface area contributed by atoms with E-state index >= 15 is 0 Å². The quantitative estimate of drug-likeness (QED) is 0.610. The van der Waals surface area contributed by atoms with Gasteiger partial charge < -0.3 is 15.4 Å². The van der Waals surface area contributed by atoms with Crippen molar-refractivity contribution in [2.75, 3.05) is 11.9 Å². The van der Waals surface area contributed by atoms with Gasteiger partial charge in [-0.1, -0.05) is 24.0 Å². The van der Waals surface area contributed by atoms with Crippen molar-refractivity contribution < 1.29 is 18.7 Å². The Bertz CT molecular complexity index is 688. The molecule has 2 N–H and O–H groups in total. The number of thioether (sulfide) groups is 1. The predicted octanol–water partition coefficient (Wildman–Crippen LogP) is 1.65. The molecule has 0 bridgehead atoms. The molecule has 0 unspecified atom stereocenters. The zero-order valence-electron chi connectivity index (χ0n) is 9.86. The Balaban J connectivity index is 1.99. The molecule has 1 aromatic carbocycles. The van der Waals surface area contributed by atoms with Crippen LogP contribution in [0.15, 0.2) is 17.0 Å². The van der Waals surface area contributed by atoms with Crippen molar-refractivity contribution in [3.8, 4) is 5.75 Å². The minimum atomic E-state index is -0.597. The van der Waals surface area contributed by atoms with Crippen LogP contribution in [0.3, 0.4) is 0 Å². The van der Waals surface area contributed by atoms with Crippen molar-refractivity contribution in [3.05, 3.63) is 28.4 Å². The number of ether oxygens (including phenoxy) is 1. The second-order valence-electron chi connectivity index (χ2n) is 4.07. The van der Waals surface area contributed by atoms with Gasteiger partial charge in [-0.2, -0.15) is 0 Å². The maximum absolute atomic E-state index is 13.9. The van der Waals surface area contributed by atoms with E-state index in [2.05, 4.69) is 10.6 Å². The van der Waals surface area contributed by atoms with Crippen LogP contribution in [0, 0.1) is 5.82 Å². The summed E-state index contributed by atoms with van der Waals surface area (Å²) < 4.78 is 19.2. The average Bonchev–Trinajstić information content (AvgIpc) is 2.67. The molecule has 0 saturated carbocycles. The summed E-state index contributed by atoms with van der Waals surface area (Å²) in [6.45, 7) is -0.211. The highest BCUT2D eigenvalue weighted by atomic mass is 32.2. The average molecular weight is 310 g/mol. The highest BCUT2D eigenvalue weighted by molar-refractivity contribution is 8.26. The number of hydrogen-bond acceptors (Lipinski definition) is 5. The molecule has 0 aliphatic carbocycles. The maximum atomic E-state index is 13.9. The molecule has 2 heterocycles. The van der Waals surface area contributed by atoms with Gasteiger partial charge in [-0.15, -0.1) is 0 Å². The number of rotatable bonds is 1. The summed E-state index contributed by atoms with van der Waals surface area (Å²) in [6, 6.07) is 2.77. The van der Waals surface area contributed by atoms with Gasteiger partial charge in [0, 0.05) is 0 Å². The summed E-state index contributed by atoms with van der Waals surface area (Å²) in [7, 11) is 0. The first kappa shape index (κ1) is 13.1. The molecule has 2 amide bonds. The lowest BCUT2D eigenvalue weighted by Gasteiger charge is -2.18. The lowest BCUT2D eigenvalue weighted by Crippen LogP contribution is -2.26. The van der Waals surface area contributed by atoms with E-state index in [1.807, 2.05) is 0 Å². The minimum Gasteiger partial charge on any atom is -0.478 e. The van der Waals surface area contributed by atoms with E-state index in [1.54, 1.807) is 0 Å². The first-order chi connectivity index (χ1) is 9.52. The SMILES string of the molecule is O=C1COc2c(F)cc(C=C3SC(=S)NC3=O)cc2N1. The Morgan fingerprint density at radius 1 is 1.35 bits per heavy atom. The zero-order valence-corrected chi connectivity index (χ0v) is 11.5. The summed E-state index contributed by atoms with van der Waals surface area (Å²) in [5, 5.41) is 4.99. The van der Waals surface area contributed by atoms with Crippen LogP contribution in [-0.2, 0) is 9.59 Å². The van der Waals surface area contributed by atoms with Gasteiger partial charge >= 0.3 is 0 Å². The minimum absolute atomic E-state index is 0.00537. The fourth-order valence-electron chi connectivity index (χ4n) is 1.83. The number of carbonyl (C=O) groups is 2. The van der Waals surface area contributed by atoms with Gasteiger partial charge in [0.1, 0.15) is 4.32 Å². The zero-order chi connectivity index (χ0) is 14.3. The summed E-state index contributed by atoms with van der Waals surface area (Å²) in [5.74, 6) is -1.26. The van der Waals surface area contributed by atoms with Crippen LogP contribution >= 0.6 is 24.0 Å². The van der Waals surface area contributed by atoms with E-state index in [0.717, 1.165) is 11.8 Å². The number of thiocarbonyl (C=S) groups is 1. The molecule has 1 aromatic rings. The number of halogens is 1. The van der Waals surface area contributed by atoms with Gasteiger partial charge in [0.2, 0.25) is 0 Å². The molecule has 20 heavy (non-hydrogen) atoms. The second kappa shape index (κ2) is 4.88. The highest BCUT2D eigenvalue weighted by Gasteiger charge is 2.24. The van der Waals surface area contributed by atoms with Crippen LogP contribution in [0.2, 0.25) is 0 Å². The standard InChI is InChI=1S/C12H7FN2O3S2/c13-6-1-5(3-8-11(17)15-12(19)20-8)2-7-10(6)18-4-9(16)14-7/h1-3H,4H2,(H,14,16)(H,15,17,19). The van der Waals surface area contributed by atoms with Crippen molar-refractivity contribution in [2.45, 2.75) is 0 Å². The van der Waals surface area contributed by atoms with Crippen molar-refractivity contribution in [1.82, 2.24) is 5.32 Å². The predicted molar refractivity (Wildman–Crippen MR) is 76.8 cm³/mol. The number of anilines is 1. The topological polar surface area (TPSA) is 67.4 Å². The molecule has 102 valence electrons. The Morgan fingerprint density at radius 3 is 2.85 bits per heavy atom. The van der Waals surface area contributed by atoms with E-state index < -0.39 is 5.82 Å². The fourth-order valence-corrected chi connectivity index (χ4v) is 2.88. The fraction of sp³-hybridized carbons (Fsp3) is 0.0833. The highest BCUT2D eigenvalue weighted by Crippen LogP contribution is 2.34. The van der Waals surface area contributed by atoms with Crippen LogP contribution < -0.4 is 15.4 Å². The van der Waals surface area contributed by atoms with E-state index in [-0.39, 0.29) is 29.9 Å². The molecule has 1 fully saturated rings. The van der Waals surface area contributed by atoms with Crippen LogP contribution in [-0.4, -0.2) is 22.7 Å². The van der Waals surface area contributed by atoms with Gasteiger partial charge in [-0.05, 0) is 23.8 Å². The second-order valence-corrected chi connectivity index (χ2v) is 5.79. The summed E-state index contributed by atoms with van der Waals surface area (Å²) >= 11 is 5.97. The number of hydrogen-bond donors (Lipinski definition) is 2. The van der Waals surface area contributed by atoms with Gasteiger partial charge in [0.15, 0.2) is 18.2 Å². The summed E-state index contributed by atoms with van der Waals surface area (Å²) in [5.41, 5.74) is 0.688. The van der Waals surface area contributed by atoms with E-state index in [0.29, 0.717) is 14.8 Å². The largest absolute Gasteiger partial charge is 0.478 e. The first-order valence-electron chi connectivity index (χ1n) is 5.54. The van der Waals surface area contributed by atoms with Gasteiger partial charge in [0.05, 0.1) is 10.6 Å². The third-order valence-electron chi connectivity index (χ3n) is 2.63. The normalized spacial score (nSPS) is 19.4. The molecule has 5 nitrogen and oxygen atoms in total. The molecule has 0 aromatic heterocycles. The van der Waals surface area contributed by atoms with Crippen molar-refractivity contribution in [2.24, 2.45) is 0 Å². The molecule has 0 spiro atoms. The number of fused-ring (bicyclic) bond motifs is 1. The van der Waals surface area contributed by atoms with E-state index in [4.69, 9.17) is 17.0 Å². The number of nitrogens with one attached hydrogen (secondary N) is 2. The maximum Gasteiger partial charge on any atom is 0.263 e. The molecule has 3 rings (SSSR count).